The molecule has 0 fully saturated rings. The Balaban J connectivity index is 2.83. The van der Waals surface area contributed by atoms with E-state index < -0.39 is 0 Å². The van der Waals surface area contributed by atoms with E-state index in [0.717, 1.165) is 5.70 Å². The summed E-state index contributed by atoms with van der Waals surface area (Å²) in [6.45, 7) is 4.29. The number of rotatable bonds is 1. The third-order valence-corrected chi connectivity index (χ3v) is 1.82. The maximum atomic E-state index is 5.44. The van der Waals surface area contributed by atoms with E-state index in [1.165, 1.54) is 0 Å². The third kappa shape index (κ3) is 2.43. The van der Waals surface area contributed by atoms with E-state index in [2.05, 4.69) is 30.8 Å². The van der Waals surface area contributed by atoms with Crippen LogP contribution in [0.3, 0.4) is 0 Å². The lowest BCUT2D eigenvalue weighted by molar-refractivity contribution is 0.626. The molecule has 1 rings (SSSR count). The zero-order valence-electron chi connectivity index (χ0n) is 6.76. The van der Waals surface area contributed by atoms with Gasteiger partial charge in [-0.15, -0.1) is 0 Å². The zero-order valence-corrected chi connectivity index (χ0v) is 7.52. The van der Waals surface area contributed by atoms with Gasteiger partial charge < -0.3 is 0 Å². The average Bonchev–Trinajstić information content (AvgIpc) is 2.10. The summed E-state index contributed by atoms with van der Waals surface area (Å²) in [6.07, 6.45) is 10.2. The van der Waals surface area contributed by atoms with Crippen LogP contribution in [-0.2, 0) is 0 Å². The first-order chi connectivity index (χ1) is 5.14. The highest BCUT2D eigenvalue weighted by atomic mass is 35.5. The summed E-state index contributed by atoms with van der Waals surface area (Å²) in [5.41, 5.74) is 1.06. The lowest BCUT2D eigenvalue weighted by atomic mass is 9.93. The van der Waals surface area contributed by atoms with Gasteiger partial charge in [0, 0.05) is 22.9 Å². The summed E-state index contributed by atoms with van der Waals surface area (Å²) in [5, 5.41) is 0. The predicted octanol–water partition coefficient (Wildman–Crippen LogP) is 2.77. The maximum Gasteiger partial charge on any atom is 0.0488 e. The summed E-state index contributed by atoms with van der Waals surface area (Å²) in [5.74, 6) is 0. The SMILES string of the molecule is CC1(C)C=CC=C(NCl)C=C1. The highest BCUT2D eigenvalue weighted by Crippen LogP contribution is 2.21. The van der Waals surface area contributed by atoms with Gasteiger partial charge in [-0.2, -0.15) is 0 Å². The van der Waals surface area contributed by atoms with Crippen LogP contribution in [-0.4, -0.2) is 0 Å². The number of halogens is 1. The van der Waals surface area contributed by atoms with Crippen molar-refractivity contribution in [1.82, 2.24) is 4.84 Å². The van der Waals surface area contributed by atoms with Crippen LogP contribution in [0.1, 0.15) is 13.8 Å². The first kappa shape index (κ1) is 8.41. The minimum atomic E-state index is 0.131. The van der Waals surface area contributed by atoms with Gasteiger partial charge in [-0.25, -0.2) is 0 Å². The molecule has 0 amide bonds. The van der Waals surface area contributed by atoms with Gasteiger partial charge in [-0.3, -0.25) is 4.84 Å². The van der Waals surface area contributed by atoms with Crippen LogP contribution in [0.5, 0.6) is 0 Å². The molecule has 0 aromatic carbocycles. The standard InChI is InChI=1S/C9H12ClN/c1-9(2)6-3-4-8(11-10)5-7-9/h3-7,11H,1-2H3. The Morgan fingerprint density at radius 1 is 1.36 bits per heavy atom. The Morgan fingerprint density at radius 2 is 2.09 bits per heavy atom. The average molecular weight is 170 g/mol. The van der Waals surface area contributed by atoms with E-state index in [9.17, 15) is 0 Å². The maximum absolute atomic E-state index is 5.44. The van der Waals surface area contributed by atoms with Crippen LogP contribution in [0.2, 0.25) is 0 Å². The van der Waals surface area contributed by atoms with E-state index in [1.807, 2.05) is 18.2 Å². The van der Waals surface area contributed by atoms with E-state index in [-0.39, 0.29) is 5.41 Å². The molecule has 0 aromatic heterocycles. The minimum Gasteiger partial charge on any atom is -0.299 e. The number of hydrogen-bond acceptors (Lipinski definition) is 1. The number of allylic oxidation sites excluding steroid dienone is 5. The molecule has 0 unspecified atom stereocenters. The largest absolute Gasteiger partial charge is 0.299 e. The lowest BCUT2D eigenvalue weighted by Gasteiger charge is -2.12. The normalized spacial score (nSPS) is 20.8. The van der Waals surface area contributed by atoms with Crippen LogP contribution in [0.15, 0.2) is 36.1 Å². The Kier molecular flexibility index (Phi) is 2.40. The second-order valence-electron chi connectivity index (χ2n) is 3.23. The van der Waals surface area contributed by atoms with Crippen molar-refractivity contribution in [2.24, 2.45) is 5.41 Å². The van der Waals surface area contributed by atoms with Gasteiger partial charge in [-0.1, -0.05) is 32.1 Å². The van der Waals surface area contributed by atoms with Crippen molar-refractivity contribution in [3.05, 3.63) is 36.1 Å². The molecule has 0 atom stereocenters. The highest BCUT2D eigenvalue weighted by Gasteiger charge is 2.09. The van der Waals surface area contributed by atoms with E-state index in [0.29, 0.717) is 0 Å². The molecule has 0 saturated heterocycles. The molecule has 1 nitrogen and oxygen atoms in total. The van der Waals surface area contributed by atoms with E-state index in [4.69, 9.17) is 11.8 Å². The van der Waals surface area contributed by atoms with Gasteiger partial charge in [0.25, 0.3) is 0 Å². The first-order valence-corrected chi connectivity index (χ1v) is 3.97. The number of nitrogens with one attached hydrogen (secondary N) is 1. The van der Waals surface area contributed by atoms with Gasteiger partial charge in [0.2, 0.25) is 0 Å². The van der Waals surface area contributed by atoms with Crippen molar-refractivity contribution in [1.29, 1.82) is 0 Å². The van der Waals surface area contributed by atoms with Crippen LogP contribution < -0.4 is 4.84 Å². The van der Waals surface area contributed by atoms with Crippen molar-refractivity contribution in [2.75, 3.05) is 0 Å². The van der Waals surface area contributed by atoms with Crippen molar-refractivity contribution in [2.45, 2.75) is 13.8 Å². The van der Waals surface area contributed by atoms with E-state index in [1.54, 1.807) is 0 Å². The quantitative estimate of drug-likeness (QED) is 0.596. The molecule has 0 radical (unpaired) electrons. The summed E-state index contributed by atoms with van der Waals surface area (Å²) in [6, 6.07) is 0. The van der Waals surface area contributed by atoms with Gasteiger partial charge in [-0.05, 0) is 12.2 Å². The summed E-state index contributed by atoms with van der Waals surface area (Å²) < 4.78 is 0. The predicted molar refractivity (Wildman–Crippen MR) is 49.1 cm³/mol. The molecule has 0 saturated carbocycles. The Morgan fingerprint density at radius 3 is 2.73 bits per heavy atom. The summed E-state index contributed by atoms with van der Waals surface area (Å²) in [4.78, 5) is 2.58. The van der Waals surface area contributed by atoms with Crippen molar-refractivity contribution >= 4 is 11.8 Å². The fourth-order valence-corrected chi connectivity index (χ4v) is 1.00. The second-order valence-corrected chi connectivity index (χ2v) is 3.42. The van der Waals surface area contributed by atoms with E-state index >= 15 is 0 Å². The fourth-order valence-electron chi connectivity index (χ4n) is 0.878. The smallest absolute Gasteiger partial charge is 0.0488 e. The molecule has 11 heavy (non-hydrogen) atoms. The highest BCUT2D eigenvalue weighted by molar-refractivity contribution is 6.14. The summed E-state index contributed by atoms with van der Waals surface area (Å²) >= 11 is 5.44. The van der Waals surface area contributed by atoms with Crippen molar-refractivity contribution in [3.8, 4) is 0 Å². The van der Waals surface area contributed by atoms with Gasteiger partial charge in [0.15, 0.2) is 0 Å². The molecule has 1 aliphatic carbocycles. The topological polar surface area (TPSA) is 12.0 Å². The molecule has 60 valence electrons. The molecule has 0 aliphatic heterocycles. The van der Waals surface area contributed by atoms with Crippen LogP contribution in [0, 0.1) is 5.41 Å². The van der Waals surface area contributed by atoms with Crippen LogP contribution in [0.25, 0.3) is 0 Å². The van der Waals surface area contributed by atoms with Gasteiger partial charge in [0.05, 0.1) is 0 Å². The van der Waals surface area contributed by atoms with Gasteiger partial charge in [0.1, 0.15) is 0 Å². The van der Waals surface area contributed by atoms with Crippen molar-refractivity contribution < 1.29 is 0 Å². The third-order valence-electron chi connectivity index (χ3n) is 1.60. The first-order valence-electron chi connectivity index (χ1n) is 3.59. The fraction of sp³-hybridized carbons (Fsp3) is 0.333. The molecule has 0 heterocycles. The molecule has 0 aromatic rings. The Bertz CT molecular complexity index is 224. The summed E-state index contributed by atoms with van der Waals surface area (Å²) in [7, 11) is 0. The second kappa shape index (κ2) is 3.14. The van der Waals surface area contributed by atoms with Crippen LogP contribution >= 0.6 is 11.8 Å². The lowest BCUT2D eigenvalue weighted by Crippen LogP contribution is -2.01. The Labute approximate surface area is 72.5 Å². The molecule has 0 spiro atoms. The molecule has 1 N–H and O–H groups in total. The Hall–Kier alpha value is -0.690. The van der Waals surface area contributed by atoms with Crippen LogP contribution in [0.4, 0.5) is 0 Å². The molecule has 2 heteroatoms. The molecular weight excluding hydrogens is 158 g/mol. The van der Waals surface area contributed by atoms with Crippen molar-refractivity contribution in [3.63, 3.8) is 0 Å². The molecule has 1 aliphatic rings. The molecular formula is C9H12ClN. The van der Waals surface area contributed by atoms with Gasteiger partial charge >= 0.3 is 0 Å². The molecule has 0 bridgehead atoms. The zero-order chi connectivity index (χ0) is 8.32. The number of hydrogen-bond donors (Lipinski definition) is 1. The monoisotopic (exact) mass is 169 g/mol. The minimum absolute atomic E-state index is 0.131.